The van der Waals surface area contributed by atoms with Gasteiger partial charge in [0.1, 0.15) is 11.5 Å². The van der Waals surface area contributed by atoms with Crippen molar-refractivity contribution in [2.24, 2.45) is 0 Å². The third-order valence-electron chi connectivity index (χ3n) is 6.59. The molecule has 2 amide bonds. The smallest absolute Gasteiger partial charge is 0.407 e. The van der Waals surface area contributed by atoms with Crippen molar-refractivity contribution < 1.29 is 28.9 Å². The maximum absolute atomic E-state index is 13.8. The first-order chi connectivity index (χ1) is 16.4. The lowest BCUT2D eigenvalue weighted by Gasteiger charge is -2.40. The van der Waals surface area contributed by atoms with E-state index >= 15 is 0 Å². The van der Waals surface area contributed by atoms with E-state index in [1.54, 1.807) is 13.2 Å². The molecule has 34 heavy (non-hydrogen) atoms. The average molecular weight is 477 g/mol. The van der Waals surface area contributed by atoms with Crippen LogP contribution in [0.3, 0.4) is 0 Å². The quantitative estimate of drug-likeness (QED) is 0.488. The van der Waals surface area contributed by atoms with Gasteiger partial charge in [-0.15, -0.1) is 0 Å². The summed E-state index contributed by atoms with van der Waals surface area (Å²) in [5, 5.41) is 9.46. The van der Waals surface area contributed by atoms with Crippen molar-refractivity contribution in [2.75, 3.05) is 33.4 Å². The Labute approximate surface area is 203 Å². The Hall–Kier alpha value is -2.48. The molecule has 1 heterocycles. The zero-order chi connectivity index (χ0) is 24.5. The third-order valence-corrected chi connectivity index (χ3v) is 6.59. The molecule has 2 aliphatic rings. The second-order valence-corrected chi connectivity index (χ2v) is 9.60. The van der Waals surface area contributed by atoms with E-state index in [1.165, 1.54) is 11.3 Å². The molecule has 8 heteroatoms. The van der Waals surface area contributed by atoms with Gasteiger partial charge in [0.2, 0.25) is 0 Å². The highest BCUT2D eigenvalue weighted by molar-refractivity contribution is 5.95. The monoisotopic (exact) mass is 476 g/mol. The highest BCUT2D eigenvalue weighted by atomic mass is 16.5. The number of likely N-dealkylation sites (tertiary alicyclic amines) is 1. The number of carboxylic acid groups (broad SMARTS) is 1. The Morgan fingerprint density at radius 1 is 1.06 bits per heavy atom. The van der Waals surface area contributed by atoms with E-state index in [1.807, 2.05) is 30.9 Å². The SMILES string of the molecule is COCCCOc1cc(OC2CCCCC2)cc(C(=O)N(C(C)C)[C@@H]2CCCN(C(=O)O)C2)c1. The van der Waals surface area contributed by atoms with Gasteiger partial charge < -0.3 is 29.1 Å². The van der Waals surface area contributed by atoms with Gasteiger partial charge in [-0.3, -0.25) is 4.79 Å². The fourth-order valence-electron chi connectivity index (χ4n) is 4.94. The number of hydrogen-bond acceptors (Lipinski definition) is 5. The van der Waals surface area contributed by atoms with Crippen molar-refractivity contribution >= 4 is 12.0 Å². The molecule has 0 bridgehead atoms. The predicted octanol–water partition coefficient (Wildman–Crippen LogP) is 4.81. The first kappa shape index (κ1) is 26.1. The van der Waals surface area contributed by atoms with Crippen molar-refractivity contribution in [2.45, 2.75) is 83.4 Å². The highest BCUT2D eigenvalue weighted by Crippen LogP contribution is 2.30. The van der Waals surface area contributed by atoms with Crippen LogP contribution in [0.4, 0.5) is 4.79 Å². The number of methoxy groups -OCH3 is 1. The minimum atomic E-state index is -0.935. The van der Waals surface area contributed by atoms with E-state index in [9.17, 15) is 14.7 Å². The Bertz CT molecular complexity index is 808. The van der Waals surface area contributed by atoms with Crippen molar-refractivity contribution in [1.29, 1.82) is 0 Å². The van der Waals surface area contributed by atoms with Crippen molar-refractivity contribution in [1.82, 2.24) is 9.80 Å². The number of carbonyl (C=O) groups excluding carboxylic acids is 1. The third kappa shape index (κ3) is 7.26. The van der Waals surface area contributed by atoms with Crippen molar-refractivity contribution in [3.63, 3.8) is 0 Å². The van der Waals surface area contributed by atoms with E-state index in [0.29, 0.717) is 43.4 Å². The Morgan fingerprint density at radius 2 is 1.79 bits per heavy atom. The maximum atomic E-state index is 13.8. The van der Waals surface area contributed by atoms with Crippen LogP contribution in [0.5, 0.6) is 11.5 Å². The number of rotatable bonds is 10. The Morgan fingerprint density at radius 3 is 2.47 bits per heavy atom. The molecule has 8 nitrogen and oxygen atoms in total. The van der Waals surface area contributed by atoms with Gasteiger partial charge in [-0.2, -0.15) is 0 Å². The highest BCUT2D eigenvalue weighted by Gasteiger charge is 2.33. The lowest BCUT2D eigenvalue weighted by Crippen LogP contribution is -2.53. The van der Waals surface area contributed by atoms with Crippen LogP contribution in [-0.2, 0) is 4.74 Å². The van der Waals surface area contributed by atoms with Gasteiger partial charge in [-0.25, -0.2) is 4.79 Å². The summed E-state index contributed by atoms with van der Waals surface area (Å²) in [5.41, 5.74) is 0.510. The maximum Gasteiger partial charge on any atom is 0.407 e. The molecule has 1 saturated heterocycles. The molecule has 2 fully saturated rings. The summed E-state index contributed by atoms with van der Waals surface area (Å²) >= 11 is 0. The lowest BCUT2D eigenvalue weighted by atomic mass is 9.97. The minimum absolute atomic E-state index is 0.0692. The summed E-state index contributed by atoms with van der Waals surface area (Å²) in [6.07, 6.45) is 7.10. The summed E-state index contributed by atoms with van der Waals surface area (Å²) in [6, 6.07) is 5.22. The number of carbonyl (C=O) groups is 2. The predicted molar refractivity (Wildman–Crippen MR) is 130 cm³/mol. The van der Waals surface area contributed by atoms with Gasteiger partial charge in [0, 0.05) is 50.9 Å². The second kappa shape index (κ2) is 12.8. The summed E-state index contributed by atoms with van der Waals surface area (Å²) < 4.78 is 17.3. The van der Waals surface area contributed by atoms with Crippen LogP contribution < -0.4 is 9.47 Å². The van der Waals surface area contributed by atoms with Crippen LogP contribution in [0.15, 0.2) is 18.2 Å². The van der Waals surface area contributed by atoms with Crippen LogP contribution in [-0.4, -0.2) is 78.5 Å². The first-order valence-electron chi connectivity index (χ1n) is 12.6. The molecule has 0 spiro atoms. The standard InChI is InChI=1S/C26H40N2O6/c1-19(2)28(21-9-7-12-27(18-21)26(30)31)25(29)20-15-23(33-14-8-13-32-3)17-24(16-20)34-22-10-5-4-6-11-22/h15-17,19,21-22H,4-14,18H2,1-3H3,(H,30,31)/t21-/m1/s1. The molecule has 1 aliphatic heterocycles. The molecule has 3 rings (SSSR count). The molecule has 190 valence electrons. The van der Waals surface area contributed by atoms with Gasteiger partial charge in [-0.1, -0.05) is 6.42 Å². The zero-order valence-electron chi connectivity index (χ0n) is 20.8. The van der Waals surface area contributed by atoms with E-state index < -0.39 is 6.09 Å². The number of piperidine rings is 1. The van der Waals surface area contributed by atoms with E-state index in [0.717, 1.165) is 44.9 Å². The molecule has 1 saturated carbocycles. The first-order valence-corrected chi connectivity index (χ1v) is 12.6. The largest absolute Gasteiger partial charge is 0.493 e. The molecule has 1 aromatic carbocycles. The number of nitrogens with zero attached hydrogens (tertiary/aromatic N) is 2. The summed E-state index contributed by atoms with van der Waals surface area (Å²) in [7, 11) is 1.66. The van der Waals surface area contributed by atoms with E-state index in [2.05, 4.69) is 0 Å². The number of ether oxygens (including phenoxy) is 3. The summed E-state index contributed by atoms with van der Waals surface area (Å²) in [4.78, 5) is 28.5. The number of benzene rings is 1. The molecular weight excluding hydrogens is 436 g/mol. The van der Waals surface area contributed by atoms with Gasteiger partial charge in [0.05, 0.1) is 18.8 Å². The normalized spacial score (nSPS) is 19.2. The molecule has 0 aromatic heterocycles. The van der Waals surface area contributed by atoms with Gasteiger partial charge >= 0.3 is 6.09 Å². The van der Waals surface area contributed by atoms with Gasteiger partial charge in [0.15, 0.2) is 0 Å². The summed E-state index contributed by atoms with van der Waals surface area (Å²) in [6.45, 7) is 5.88. The topological polar surface area (TPSA) is 88.5 Å². The molecule has 1 aromatic rings. The van der Waals surface area contributed by atoms with Gasteiger partial charge in [0.25, 0.3) is 5.91 Å². The van der Waals surface area contributed by atoms with Crippen LogP contribution >= 0.6 is 0 Å². The van der Waals surface area contributed by atoms with E-state index in [-0.39, 0.29) is 24.1 Å². The van der Waals surface area contributed by atoms with Gasteiger partial charge in [-0.05, 0) is 64.5 Å². The minimum Gasteiger partial charge on any atom is -0.493 e. The van der Waals surface area contributed by atoms with Crippen LogP contribution in [0.1, 0.15) is 75.6 Å². The lowest BCUT2D eigenvalue weighted by molar-refractivity contribution is 0.0448. The molecule has 1 aliphatic carbocycles. The second-order valence-electron chi connectivity index (χ2n) is 9.60. The van der Waals surface area contributed by atoms with Crippen molar-refractivity contribution in [3.05, 3.63) is 23.8 Å². The molecule has 0 radical (unpaired) electrons. The fourth-order valence-corrected chi connectivity index (χ4v) is 4.94. The molecular formula is C26H40N2O6. The average Bonchev–Trinajstić information content (AvgIpc) is 2.82. The van der Waals surface area contributed by atoms with E-state index in [4.69, 9.17) is 14.2 Å². The van der Waals surface area contributed by atoms with Crippen molar-refractivity contribution in [3.8, 4) is 11.5 Å². The molecule has 1 N–H and O–H groups in total. The number of amides is 2. The Kier molecular flexibility index (Phi) is 9.86. The van der Waals surface area contributed by atoms with Crippen LogP contribution in [0, 0.1) is 0 Å². The number of hydrogen-bond donors (Lipinski definition) is 1. The summed E-state index contributed by atoms with van der Waals surface area (Å²) in [5.74, 6) is 1.13. The zero-order valence-corrected chi connectivity index (χ0v) is 20.8. The fraction of sp³-hybridized carbons (Fsp3) is 0.692. The Balaban J connectivity index is 1.83. The van der Waals surface area contributed by atoms with Crippen LogP contribution in [0.2, 0.25) is 0 Å². The molecule has 0 unspecified atom stereocenters. The van der Waals surface area contributed by atoms with Crippen LogP contribution in [0.25, 0.3) is 0 Å². The molecule has 1 atom stereocenters.